The maximum absolute atomic E-state index is 12.6. The monoisotopic (exact) mass is 345 g/mol. The minimum atomic E-state index is -0.107. The number of ether oxygens (including phenoxy) is 1. The molecule has 2 heterocycles. The number of pyridine rings is 1. The topological polar surface area (TPSA) is 77.2 Å². The van der Waals surface area contributed by atoms with Crippen LogP contribution in [-0.2, 0) is 6.61 Å². The lowest BCUT2D eigenvalue weighted by Gasteiger charge is -2.21. The third-order valence-corrected chi connectivity index (χ3v) is 4.58. The largest absolute Gasteiger partial charge is 0.487 e. The van der Waals surface area contributed by atoms with E-state index in [4.69, 9.17) is 10.5 Å². The molecule has 5 nitrogen and oxygen atoms in total. The van der Waals surface area contributed by atoms with Crippen molar-refractivity contribution in [2.75, 3.05) is 5.73 Å². The lowest BCUT2D eigenvalue weighted by molar-refractivity contribution is 0.0939. The summed E-state index contributed by atoms with van der Waals surface area (Å²) in [4.78, 5) is 16.7. The molecule has 0 saturated heterocycles. The van der Waals surface area contributed by atoms with Crippen LogP contribution in [0.25, 0.3) is 11.1 Å². The predicted molar refractivity (Wildman–Crippen MR) is 101 cm³/mol. The van der Waals surface area contributed by atoms with Crippen LogP contribution in [0, 0.1) is 0 Å². The van der Waals surface area contributed by atoms with Gasteiger partial charge in [-0.1, -0.05) is 36.4 Å². The molecular formula is C21H19N3O2. The number of nitrogens with two attached hydrogens (primary N) is 1. The molecule has 1 atom stereocenters. The standard InChI is InChI=1S/C21H19N3O2/c1-13(14-5-3-2-4-6-14)24-21(25)15-7-8-17-16(9-15)12-26-19-11-23-20(22)10-18(17)19/h2-11,13H,12H2,1H3,(H2,22,23)(H,24,25). The normalized spacial score (nSPS) is 13.1. The Morgan fingerprint density at radius 1 is 1.15 bits per heavy atom. The van der Waals surface area contributed by atoms with Gasteiger partial charge in [-0.25, -0.2) is 4.98 Å². The Morgan fingerprint density at radius 2 is 1.96 bits per heavy atom. The number of rotatable bonds is 3. The second kappa shape index (κ2) is 6.52. The summed E-state index contributed by atoms with van der Waals surface area (Å²) in [6.45, 7) is 2.38. The van der Waals surface area contributed by atoms with Crippen LogP contribution < -0.4 is 15.8 Å². The van der Waals surface area contributed by atoms with Crippen LogP contribution in [0.1, 0.15) is 34.5 Å². The second-order valence-electron chi connectivity index (χ2n) is 6.37. The third kappa shape index (κ3) is 2.99. The van der Waals surface area contributed by atoms with E-state index < -0.39 is 0 Å². The molecule has 130 valence electrons. The molecule has 2 aromatic carbocycles. The van der Waals surface area contributed by atoms with E-state index in [0.29, 0.717) is 23.7 Å². The van der Waals surface area contributed by atoms with Crippen molar-refractivity contribution < 1.29 is 9.53 Å². The number of nitrogens with one attached hydrogen (secondary N) is 1. The van der Waals surface area contributed by atoms with Crippen molar-refractivity contribution in [3.05, 3.63) is 77.5 Å². The van der Waals surface area contributed by atoms with Gasteiger partial charge in [-0.15, -0.1) is 0 Å². The average Bonchev–Trinajstić information content (AvgIpc) is 2.68. The SMILES string of the molecule is CC(NC(=O)c1ccc2c(c1)COc1cnc(N)cc1-2)c1ccccc1. The number of anilines is 1. The van der Waals surface area contributed by atoms with Gasteiger partial charge in [-0.2, -0.15) is 0 Å². The molecule has 0 saturated carbocycles. The number of hydrogen-bond donors (Lipinski definition) is 2. The Labute approximate surface area is 151 Å². The van der Waals surface area contributed by atoms with Crippen molar-refractivity contribution in [3.8, 4) is 16.9 Å². The first-order valence-corrected chi connectivity index (χ1v) is 8.49. The van der Waals surface area contributed by atoms with Crippen molar-refractivity contribution >= 4 is 11.7 Å². The highest BCUT2D eigenvalue weighted by atomic mass is 16.5. The Bertz CT molecular complexity index is 970. The van der Waals surface area contributed by atoms with Gasteiger partial charge < -0.3 is 15.8 Å². The highest BCUT2D eigenvalue weighted by Gasteiger charge is 2.20. The molecule has 3 aromatic rings. The third-order valence-electron chi connectivity index (χ3n) is 4.58. The Kier molecular flexibility index (Phi) is 4.05. The number of fused-ring (bicyclic) bond motifs is 3. The van der Waals surface area contributed by atoms with Gasteiger partial charge >= 0.3 is 0 Å². The molecule has 1 unspecified atom stereocenters. The summed E-state index contributed by atoms with van der Waals surface area (Å²) in [5.41, 5.74) is 10.4. The zero-order chi connectivity index (χ0) is 18.1. The van der Waals surface area contributed by atoms with Gasteiger partial charge in [-0.05, 0) is 41.8 Å². The zero-order valence-corrected chi connectivity index (χ0v) is 14.4. The first-order chi connectivity index (χ1) is 12.6. The van der Waals surface area contributed by atoms with E-state index in [1.165, 1.54) is 0 Å². The van der Waals surface area contributed by atoms with E-state index in [9.17, 15) is 4.79 Å². The van der Waals surface area contributed by atoms with E-state index in [1.807, 2.05) is 55.5 Å². The molecule has 1 aliphatic rings. The fraction of sp³-hybridized carbons (Fsp3) is 0.143. The number of benzene rings is 2. The van der Waals surface area contributed by atoms with Gasteiger partial charge in [0.1, 0.15) is 18.2 Å². The number of aromatic nitrogens is 1. The molecule has 0 aliphatic carbocycles. The summed E-state index contributed by atoms with van der Waals surface area (Å²) < 4.78 is 5.74. The smallest absolute Gasteiger partial charge is 0.251 e. The molecule has 3 N–H and O–H groups in total. The molecule has 0 fully saturated rings. The number of carbonyl (C=O) groups excluding carboxylic acids is 1. The molecule has 0 radical (unpaired) electrons. The van der Waals surface area contributed by atoms with Crippen molar-refractivity contribution in [2.45, 2.75) is 19.6 Å². The lowest BCUT2D eigenvalue weighted by Crippen LogP contribution is -2.26. The molecule has 0 spiro atoms. The van der Waals surface area contributed by atoms with Crippen LogP contribution in [0.15, 0.2) is 60.8 Å². The molecule has 1 aromatic heterocycles. The average molecular weight is 345 g/mol. The van der Waals surface area contributed by atoms with E-state index in [-0.39, 0.29) is 11.9 Å². The van der Waals surface area contributed by atoms with Gasteiger partial charge in [0, 0.05) is 11.1 Å². The highest BCUT2D eigenvalue weighted by Crippen LogP contribution is 2.38. The number of nitrogens with zero attached hydrogens (tertiary/aromatic N) is 1. The Balaban J connectivity index is 1.59. The highest BCUT2D eigenvalue weighted by molar-refractivity contribution is 5.95. The van der Waals surface area contributed by atoms with Crippen LogP contribution >= 0.6 is 0 Å². The van der Waals surface area contributed by atoms with Crippen LogP contribution in [0.4, 0.5) is 5.82 Å². The molecule has 0 bridgehead atoms. The molecule has 1 amide bonds. The fourth-order valence-electron chi connectivity index (χ4n) is 3.16. The Morgan fingerprint density at radius 3 is 2.77 bits per heavy atom. The molecule has 5 heteroatoms. The molecule has 4 rings (SSSR count). The van der Waals surface area contributed by atoms with Gasteiger partial charge in [0.15, 0.2) is 0 Å². The van der Waals surface area contributed by atoms with Crippen LogP contribution in [0.2, 0.25) is 0 Å². The minimum Gasteiger partial charge on any atom is -0.487 e. The number of amides is 1. The Hall–Kier alpha value is -3.34. The summed E-state index contributed by atoms with van der Waals surface area (Å²) >= 11 is 0. The first-order valence-electron chi connectivity index (χ1n) is 8.49. The van der Waals surface area contributed by atoms with Crippen molar-refractivity contribution in [1.82, 2.24) is 10.3 Å². The summed E-state index contributed by atoms with van der Waals surface area (Å²) in [5.74, 6) is 1.05. The second-order valence-corrected chi connectivity index (χ2v) is 6.37. The molecule has 1 aliphatic heterocycles. The van der Waals surface area contributed by atoms with Gasteiger partial charge in [0.2, 0.25) is 0 Å². The van der Waals surface area contributed by atoms with Crippen molar-refractivity contribution in [3.63, 3.8) is 0 Å². The van der Waals surface area contributed by atoms with Crippen molar-refractivity contribution in [2.24, 2.45) is 0 Å². The summed E-state index contributed by atoms with van der Waals surface area (Å²) in [5, 5.41) is 3.04. The van der Waals surface area contributed by atoms with Crippen LogP contribution in [0.5, 0.6) is 5.75 Å². The van der Waals surface area contributed by atoms with Gasteiger partial charge in [0.05, 0.1) is 12.2 Å². The van der Waals surface area contributed by atoms with Gasteiger partial charge in [0.25, 0.3) is 5.91 Å². The minimum absolute atomic E-state index is 0.0671. The zero-order valence-electron chi connectivity index (χ0n) is 14.4. The summed E-state index contributed by atoms with van der Waals surface area (Å²) in [6.07, 6.45) is 1.63. The van der Waals surface area contributed by atoms with E-state index >= 15 is 0 Å². The molecular weight excluding hydrogens is 326 g/mol. The fourth-order valence-corrected chi connectivity index (χ4v) is 3.16. The van der Waals surface area contributed by atoms with Crippen molar-refractivity contribution in [1.29, 1.82) is 0 Å². The van der Waals surface area contributed by atoms with Gasteiger partial charge in [-0.3, -0.25) is 4.79 Å². The van der Waals surface area contributed by atoms with Crippen LogP contribution in [-0.4, -0.2) is 10.9 Å². The summed E-state index contributed by atoms with van der Waals surface area (Å²) in [6, 6.07) is 17.3. The predicted octanol–water partition coefficient (Wildman–Crippen LogP) is 3.71. The van der Waals surface area contributed by atoms with E-state index in [1.54, 1.807) is 12.3 Å². The number of carbonyl (C=O) groups is 1. The first kappa shape index (κ1) is 16.1. The van der Waals surface area contributed by atoms with Crippen LogP contribution in [0.3, 0.4) is 0 Å². The quantitative estimate of drug-likeness (QED) is 0.758. The lowest BCUT2D eigenvalue weighted by atomic mass is 9.95. The maximum atomic E-state index is 12.6. The van der Waals surface area contributed by atoms with E-state index in [0.717, 1.165) is 22.3 Å². The van der Waals surface area contributed by atoms with E-state index in [2.05, 4.69) is 10.3 Å². The summed E-state index contributed by atoms with van der Waals surface area (Å²) in [7, 11) is 0. The number of hydrogen-bond acceptors (Lipinski definition) is 4. The molecule has 26 heavy (non-hydrogen) atoms. The number of nitrogen functional groups attached to an aromatic ring is 1. The maximum Gasteiger partial charge on any atom is 0.251 e.